The second-order valence-electron chi connectivity index (χ2n) is 2.47. The fraction of sp³-hybridized carbons (Fsp3) is 0.429. The topological polar surface area (TPSA) is 66.4 Å². The lowest BCUT2D eigenvalue weighted by molar-refractivity contribution is -0.138. The van der Waals surface area contributed by atoms with Gasteiger partial charge in [-0.05, 0) is 6.92 Å². The van der Waals surface area contributed by atoms with Crippen molar-refractivity contribution in [2.45, 2.75) is 13.0 Å². The van der Waals surface area contributed by atoms with Crippen LogP contribution in [0.2, 0.25) is 0 Å². The van der Waals surface area contributed by atoms with E-state index in [1.807, 2.05) is 0 Å². The Kier molecular flexibility index (Phi) is 2.75. The summed E-state index contributed by atoms with van der Waals surface area (Å²) in [6.45, 7) is 1.43. The van der Waals surface area contributed by atoms with E-state index < -0.39 is 12.0 Å². The number of thioether (sulfide) groups is 1. The normalized spacial score (nSPS) is 25.4. The van der Waals surface area contributed by atoms with Gasteiger partial charge >= 0.3 is 5.97 Å². The van der Waals surface area contributed by atoms with Crippen molar-refractivity contribution in [3.05, 3.63) is 11.1 Å². The van der Waals surface area contributed by atoms with Crippen molar-refractivity contribution in [1.29, 1.82) is 0 Å². The van der Waals surface area contributed by atoms with Crippen molar-refractivity contribution >= 4 is 23.5 Å². The summed E-state index contributed by atoms with van der Waals surface area (Å²) in [5, 5.41) is 12.0. The average Bonchev–Trinajstić information content (AvgIpc) is 2.34. The highest BCUT2D eigenvalue weighted by Gasteiger charge is 2.25. The molecule has 0 amide bonds. The monoisotopic (exact) mass is 187 g/mol. The number of carbonyl (C=O) groups is 2. The second-order valence-corrected chi connectivity index (χ2v) is 3.53. The molecule has 1 aliphatic heterocycles. The summed E-state index contributed by atoms with van der Waals surface area (Å²) in [6, 6.07) is -0.555. The third-order valence-electron chi connectivity index (χ3n) is 1.35. The molecular weight excluding hydrogens is 178 g/mol. The van der Waals surface area contributed by atoms with Crippen LogP contribution in [0.5, 0.6) is 0 Å². The Balaban J connectivity index is 2.56. The van der Waals surface area contributed by atoms with Crippen LogP contribution in [0.4, 0.5) is 0 Å². The Morgan fingerprint density at radius 2 is 2.42 bits per heavy atom. The van der Waals surface area contributed by atoms with Gasteiger partial charge in [0.05, 0.1) is 5.03 Å². The molecule has 1 aliphatic rings. The molecule has 0 aromatic rings. The first kappa shape index (κ1) is 9.12. The molecule has 1 rings (SSSR count). The lowest BCUT2D eigenvalue weighted by Crippen LogP contribution is -2.31. The first-order valence-electron chi connectivity index (χ1n) is 3.44. The predicted octanol–water partition coefficient (Wildman–Crippen LogP) is 0.206. The zero-order valence-electron chi connectivity index (χ0n) is 6.53. The van der Waals surface area contributed by atoms with E-state index in [9.17, 15) is 9.59 Å². The van der Waals surface area contributed by atoms with E-state index in [2.05, 4.69) is 5.32 Å². The summed E-state index contributed by atoms with van der Waals surface area (Å²) in [7, 11) is 0. The van der Waals surface area contributed by atoms with Crippen molar-refractivity contribution in [3.63, 3.8) is 0 Å². The van der Waals surface area contributed by atoms with Crippen molar-refractivity contribution in [2.75, 3.05) is 5.75 Å². The number of nitrogens with one attached hydrogen (secondary N) is 1. The summed E-state index contributed by atoms with van der Waals surface area (Å²) in [4.78, 5) is 21.0. The highest BCUT2D eigenvalue weighted by Crippen LogP contribution is 2.21. The van der Waals surface area contributed by atoms with E-state index in [1.165, 1.54) is 24.8 Å². The maximum Gasteiger partial charge on any atom is 0.327 e. The van der Waals surface area contributed by atoms with Gasteiger partial charge in [-0.2, -0.15) is 0 Å². The number of hydrogen-bond acceptors (Lipinski definition) is 4. The van der Waals surface area contributed by atoms with E-state index in [1.54, 1.807) is 0 Å². The van der Waals surface area contributed by atoms with Gasteiger partial charge in [0.25, 0.3) is 0 Å². The maximum atomic E-state index is 10.6. The maximum absolute atomic E-state index is 10.6. The molecule has 1 fully saturated rings. The molecule has 1 saturated heterocycles. The van der Waals surface area contributed by atoms with Gasteiger partial charge in [0.15, 0.2) is 5.78 Å². The van der Waals surface area contributed by atoms with E-state index >= 15 is 0 Å². The zero-order chi connectivity index (χ0) is 9.14. The number of carbonyl (C=O) groups excluding carboxylic acids is 1. The molecule has 0 spiro atoms. The van der Waals surface area contributed by atoms with Crippen molar-refractivity contribution < 1.29 is 14.7 Å². The minimum atomic E-state index is -0.880. The fourth-order valence-corrected chi connectivity index (χ4v) is 1.88. The summed E-state index contributed by atoms with van der Waals surface area (Å²) in [5.41, 5.74) is 0. The molecule has 0 bridgehead atoms. The summed E-state index contributed by atoms with van der Waals surface area (Å²) in [5.74, 6) is -0.473. The molecule has 4 nitrogen and oxygen atoms in total. The van der Waals surface area contributed by atoms with E-state index in [4.69, 9.17) is 5.11 Å². The number of carboxylic acids is 1. The quantitative estimate of drug-likeness (QED) is 0.605. The number of hydrogen-bond donors (Lipinski definition) is 2. The van der Waals surface area contributed by atoms with E-state index in [0.29, 0.717) is 10.8 Å². The predicted molar refractivity (Wildman–Crippen MR) is 45.8 cm³/mol. The number of aliphatic carboxylic acids is 1. The van der Waals surface area contributed by atoms with Crippen molar-refractivity contribution in [3.8, 4) is 0 Å². The molecule has 0 saturated carbocycles. The van der Waals surface area contributed by atoms with Gasteiger partial charge in [0, 0.05) is 11.8 Å². The number of ketones is 1. The smallest absolute Gasteiger partial charge is 0.327 e. The number of rotatable bonds is 2. The molecular formula is C7H9NO3S. The minimum Gasteiger partial charge on any atom is -0.480 e. The van der Waals surface area contributed by atoms with Gasteiger partial charge in [-0.25, -0.2) is 4.79 Å². The summed E-state index contributed by atoms with van der Waals surface area (Å²) < 4.78 is 0. The van der Waals surface area contributed by atoms with Crippen LogP contribution in [0.1, 0.15) is 6.92 Å². The fourth-order valence-electron chi connectivity index (χ4n) is 0.829. The number of allylic oxidation sites excluding steroid dienone is 1. The van der Waals surface area contributed by atoms with Gasteiger partial charge in [0.2, 0.25) is 0 Å². The van der Waals surface area contributed by atoms with Gasteiger partial charge in [-0.3, -0.25) is 4.79 Å². The Labute approximate surface area is 74.0 Å². The van der Waals surface area contributed by atoms with E-state index in [-0.39, 0.29) is 5.78 Å². The second kappa shape index (κ2) is 3.62. The molecule has 0 aromatic heterocycles. The van der Waals surface area contributed by atoms with Gasteiger partial charge in [-0.1, -0.05) is 0 Å². The third kappa shape index (κ3) is 2.27. The highest BCUT2D eigenvalue weighted by atomic mass is 32.2. The Morgan fingerprint density at radius 3 is 2.83 bits per heavy atom. The van der Waals surface area contributed by atoms with Crippen LogP contribution in [0, 0.1) is 0 Å². The molecule has 1 heterocycles. The van der Waals surface area contributed by atoms with Gasteiger partial charge < -0.3 is 10.4 Å². The third-order valence-corrected chi connectivity index (χ3v) is 2.40. The highest BCUT2D eigenvalue weighted by molar-refractivity contribution is 8.03. The largest absolute Gasteiger partial charge is 0.480 e. The SMILES string of the molecule is CC(=O)/C=C1\NC(C(=O)O)CS1. The Bertz CT molecular complexity index is 249. The molecule has 1 atom stereocenters. The standard InChI is InChI=1S/C7H9NO3S/c1-4(9)2-6-8-5(3-12-6)7(10)11/h2,5,8H,3H2,1H3,(H,10,11)/b6-2+. The molecule has 2 N–H and O–H groups in total. The van der Waals surface area contributed by atoms with Crippen LogP contribution >= 0.6 is 11.8 Å². The van der Waals surface area contributed by atoms with Crippen LogP contribution in [0.15, 0.2) is 11.1 Å². The van der Waals surface area contributed by atoms with E-state index in [0.717, 1.165) is 0 Å². The van der Waals surface area contributed by atoms with Crippen LogP contribution in [0.25, 0.3) is 0 Å². The Hall–Kier alpha value is -0.970. The van der Waals surface area contributed by atoms with Crippen LogP contribution < -0.4 is 5.32 Å². The van der Waals surface area contributed by atoms with Crippen molar-refractivity contribution in [1.82, 2.24) is 5.32 Å². The molecule has 66 valence electrons. The molecule has 12 heavy (non-hydrogen) atoms. The van der Waals surface area contributed by atoms with Gasteiger partial charge in [-0.15, -0.1) is 11.8 Å². The molecule has 0 aliphatic carbocycles. The summed E-state index contributed by atoms with van der Waals surface area (Å²) in [6.07, 6.45) is 1.41. The molecule has 0 aromatic carbocycles. The molecule has 5 heteroatoms. The minimum absolute atomic E-state index is 0.0731. The first-order valence-corrected chi connectivity index (χ1v) is 4.42. The lowest BCUT2D eigenvalue weighted by Gasteiger charge is -2.01. The number of carboxylic acid groups (broad SMARTS) is 1. The van der Waals surface area contributed by atoms with Crippen molar-refractivity contribution in [2.24, 2.45) is 0 Å². The van der Waals surface area contributed by atoms with Crippen LogP contribution in [-0.4, -0.2) is 28.7 Å². The van der Waals surface area contributed by atoms with Crippen LogP contribution in [-0.2, 0) is 9.59 Å². The average molecular weight is 187 g/mol. The zero-order valence-corrected chi connectivity index (χ0v) is 7.35. The molecule has 0 radical (unpaired) electrons. The lowest BCUT2D eigenvalue weighted by atomic mass is 10.3. The Morgan fingerprint density at radius 1 is 1.75 bits per heavy atom. The van der Waals surface area contributed by atoms with Crippen LogP contribution in [0.3, 0.4) is 0 Å². The molecule has 1 unspecified atom stereocenters. The first-order chi connectivity index (χ1) is 5.59. The van der Waals surface area contributed by atoms with Gasteiger partial charge in [0.1, 0.15) is 6.04 Å². The summed E-state index contributed by atoms with van der Waals surface area (Å²) >= 11 is 1.36.